The quantitative estimate of drug-likeness (QED) is 0.488. The van der Waals surface area contributed by atoms with Crippen molar-refractivity contribution in [1.82, 2.24) is 10.2 Å². The number of benzene rings is 2. The van der Waals surface area contributed by atoms with Crippen LogP contribution in [0, 0.1) is 6.92 Å². The average Bonchev–Trinajstić information content (AvgIpc) is 2.76. The molecule has 5 nitrogen and oxygen atoms in total. The van der Waals surface area contributed by atoms with Crippen LogP contribution in [0.5, 0.6) is 5.75 Å². The van der Waals surface area contributed by atoms with Gasteiger partial charge in [0.15, 0.2) is 0 Å². The largest absolute Gasteiger partial charge is 0.494 e. The molecule has 0 heterocycles. The van der Waals surface area contributed by atoms with Gasteiger partial charge in [0, 0.05) is 24.0 Å². The van der Waals surface area contributed by atoms with E-state index >= 15 is 0 Å². The Hall–Kier alpha value is -2.53. The van der Waals surface area contributed by atoms with Crippen molar-refractivity contribution in [3.05, 3.63) is 64.7 Å². The minimum absolute atomic E-state index is 0.0604. The first kappa shape index (κ1) is 24.7. The van der Waals surface area contributed by atoms with Crippen molar-refractivity contribution in [2.45, 2.75) is 65.6 Å². The van der Waals surface area contributed by atoms with Crippen LogP contribution in [0.25, 0.3) is 0 Å². The number of carbonyl (C=O) groups excluding carboxylic acids is 2. The molecule has 0 aliphatic carbocycles. The van der Waals surface area contributed by atoms with Gasteiger partial charge in [-0.15, -0.1) is 0 Å². The highest BCUT2D eigenvalue weighted by atomic mass is 35.5. The van der Waals surface area contributed by atoms with Crippen LogP contribution in [0.3, 0.4) is 0 Å². The lowest BCUT2D eigenvalue weighted by Crippen LogP contribution is -2.49. The fraction of sp³-hybridized carbons (Fsp3) is 0.440. The SMILES string of the molecule is CC[C@H](C)NC(=O)[C@H](C)N(Cc1ccccc1C)C(=O)CCCOc1ccc(Cl)cc1. The van der Waals surface area contributed by atoms with Gasteiger partial charge in [0.05, 0.1) is 6.61 Å². The van der Waals surface area contributed by atoms with Crippen molar-refractivity contribution in [2.75, 3.05) is 6.61 Å². The first-order valence-electron chi connectivity index (χ1n) is 10.8. The summed E-state index contributed by atoms with van der Waals surface area (Å²) in [4.78, 5) is 27.5. The zero-order valence-electron chi connectivity index (χ0n) is 18.9. The highest BCUT2D eigenvalue weighted by Gasteiger charge is 2.26. The van der Waals surface area contributed by atoms with Gasteiger partial charge in [-0.1, -0.05) is 42.8 Å². The highest BCUT2D eigenvalue weighted by Crippen LogP contribution is 2.17. The topological polar surface area (TPSA) is 58.6 Å². The molecule has 0 aliphatic rings. The molecule has 2 aromatic carbocycles. The number of rotatable bonds is 11. The Labute approximate surface area is 190 Å². The lowest BCUT2D eigenvalue weighted by Gasteiger charge is -2.30. The van der Waals surface area contributed by atoms with Crippen LogP contribution in [-0.4, -0.2) is 35.4 Å². The number of hydrogen-bond acceptors (Lipinski definition) is 3. The Morgan fingerprint density at radius 2 is 1.77 bits per heavy atom. The molecular weight excluding hydrogens is 412 g/mol. The molecule has 0 saturated carbocycles. The molecule has 0 fully saturated rings. The fourth-order valence-corrected chi connectivity index (χ4v) is 3.23. The third-order valence-electron chi connectivity index (χ3n) is 5.39. The zero-order valence-corrected chi connectivity index (χ0v) is 19.6. The average molecular weight is 445 g/mol. The van der Waals surface area contributed by atoms with Gasteiger partial charge in [0.2, 0.25) is 11.8 Å². The summed E-state index contributed by atoms with van der Waals surface area (Å²) in [5.41, 5.74) is 2.14. The van der Waals surface area contributed by atoms with E-state index in [0.29, 0.717) is 31.0 Å². The van der Waals surface area contributed by atoms with E-state index in [-0.39, 0.29) is 17.9 Å². The molecule has 0 bridgehead atoms. The molecule has 2 amide bonds. The Kier molecular flexibility index (Phi) is 9.86. The van der Waals surface area contributed by atoms with Crippen LogP contribution in [0.4, 0.5) is 0 Å². The third-order valence-corrected chi connectivity index (χ3v) is 5.64. The van der Waals surface area contributed by atoms with Gasteiger partial charge in [0.25, 0.3) is 0 Å². The van der Waals surface area contributed by atoms with E-state index in [4.69, 9.17) is 16.3 Å². The number of nitrogens with zero attached hydrogens (tertiary/aromatic N) is 1. The summed E-state index contributed by atoms with van der Waals surface area (Å²) in [6.07, 6.45) is 1.71. The van der Waals surface area contributed by atoms with Crippen molar-refractivity contribution in [2.24, 2.45) is 0 Å². The summed E-state index contributed by atoms with van der Waals surface area (Å²) < 4.78 is 5.69. The van der Waals surface area contributed by atoms with Gasteiger partial charge in [-0.2, -0.15) is 0 Å². The van der Waals surface area contributed by atoms with Crippen molar-refractivity contribution in [3.8, 4) is 5.75 Å². The van der Waals surface area contributed by atoms with Crippen LogP contribution in [0.2, 0.25) is 5.02 Å². The normalized spacial score (nSPS) is 12.7. The van der Waals surface area contributed by atoms with E-state index in [1.165, 1.54) is 0 Å². The molecule has 31 heavy (non-hydrogen) atoms. The molecular formula is C25H33ClN2O3. The molecule has 168 valence electrons. The molecule has 0 spiro atoms. The van der Waals surface area contributed by atoms with Crippen LogP contribution >= 0.6 is 11.6 Å². The Morgan fingerprint density at radius 3 is 2.42 bits per heavy atom. The van der Waals surface area contributed by atoms with Crippen LogP contribution in [0.15, 0.2) is 48.5 Å². The number of hydrogen-bond donors (Lipinski definition) is 1. The van der Waals surface area contributed by atoms with E-state index in [1.807, 2.05) is 45.0 Å². The minimum atomic E-state index is -0.557. The Bertz CT molecular complexity index is 854. The van der Waals surface area contributed by atoms with E-state index in [1.54, 1.807) is 36.1 Å². The summed E-state index contributed by atoms with van der Waals surface area (Å²) in [7, 11) is 0. The maximum atomic E-state index is 13.1. The molecule has 1 N–H and O–H groups in total. The third kappa shape index (κ3) is 7.91. The van der Waals surface area contributed by atoms with Gasteiger partial charge in [-0.05, 0) is 69.0 Å². The smallest absolute Gasteiger partial charge is 0.242 e. The van der Waals surface area contributed by atoms with E-state index < -0.39 is 6.04 Å². The summed E-state index contributed by atoms with van der Waals surface area (Å²) in [5.74, 6) is 0.526. The second-order valence-corrected chi connectivity index (χ2v) is 8.28. The van der Waals surface area contributed by atoms with Crippen molar-refractivity contribution < 1.29 is 14.3 Å². The van der Waals surface area contributed by atoms with Crippen LogP contribution in [0.1, 0.15) is 51.2 Å². The van der Waals surface area contributed by atoms with Crippen molar-refractivity contribution >= 4 is 23.4 Å². The maximum Gasteiger partial charge on any atom is 0.242 e. The first-order chi connectivity index (χ1) is 14.8. The maximum absolute atomic E-state index is 13.1. The molecule has 0 aromatic heterocycles. The van der Waals surface area contributed by atoms with Crippen LogP contribution in [-0.2, 0) is 16.1 Å². The number of ether oxygens (including phenoxy) is 1. The van der Waals surface area contributed by atoms with Gasteiger partial charge in [0.1, 0.15) is 11.8 Å². The number of aryl methyl sites for hydroxylation is 1. The lowest BCUT2D eigenvalue weighted by atomic mass is 10.1. The molecule has 0 radical (unpaired) electrons. The molecule has 6 heteroatoms. The molecule has 0 saturated heterocycles. The molecule has 2 rings (SSSR count). The van der Waals surface area contributed by atoms with Gasteiger partial charge in [-0.25, -0.2) is 0 Å². The Morgan fingerprint density at radius 1 is 1.10 bits per heavy atom. The number of carbonyl (C=O) groups is 2. The second kappa shape index (κ2) is 12.4. The van der Waals surface area contributed by atoms with Gasteiger partial charge >= 0.3 is 0 Å². The van der Waals surface area contributed by atoms with Crippen molar-refractivity contribution in [3.63, 3.8) is 0 Å². The monoisotopic (exact) mass is 444 g/mol. The van der Waals surface area contributed by atoms with Gasteiger partial charge < -0.3 is 15.0 Å². The highest BCUT2D eigenvalue weighted by molar-refractivity contribution is 6.30. The second-order valence-electron chi connectivity index (χ2n) is 7.85. The first-order valence-corrected chi connectivity index (χ1v) is 11.2. The van der Waals surface area contributed by atoms with E-state index in [9.17, 15) is 9.59 Å². The molecule has 0 aliphatic heterocycles. The fourth-order valence-electron chi connectivity index (χ4n) is 3.11. The molecule has 2 aromatic rings. The van der Waals surface area contributed by atoms with E-state index in [0.717, 1.165) is 23.3 Å². The number of halogens is 1. The summed E-state index contributed by atoms with van der Waals surface area (Å²) in [6.45, 7) is 8.61. The molecule has 0 unspecified atom stereocenters. The Balaban J connectivity index is 2.01. The predicted octanol–water partition coefficient (Wildman–Crippen LogP) is 5.14. The number of amides is 2. The molecule has 2 atom stereocenters. The minimum Gasteiger partial charge on any atom is -0.494 e. The predicted molar refractivity (Wildman–Crippen MR) is 125 cm³/mol. The lowest BCUT2D eigenvalue weighted by molar-refractivity contribution is -0.141. The summed E-state index contributed by atoms with van der Waals surface area (Å²) >= 11 is 5.88. The zero-order chi connectivity index (χ0) is 22.8. The summed E-state index contributed by atoms with van der Waals surface area (Å²) in [6, 6.07) is 14.6. The number of nitrogens with one attached hydrogen (secondary N) is 1. The van der Waals surface area contributed by atoms with Gasteiger partial charge in [-0.3, -0.25) is 9.59 Å². The van der Waals surface area contributed by atoms with Crippen LogP contribution < -0.4 is 10.1 Å². The van der Waals surface area contributed by atoms with E-state index in [2.05, 4.69) is 5.32 Å². The standard InChI is InChI=1S/C25H33ClN2O3/c1-5-19(3)27-25(30)20(4)28(17-21-10-7-6-9-18(21)2)24(29)11-8-16-31-23-14-12-22(26)13-15-23/h6-7,9-10,12-15,19-20H,5,8,11,16-17H2,1-4H3,(H,27,30)/t19-,20-/m0/s1. The summed E-state index contributed by atoms with van der Waals surface area (Å²) in [5, 5.41) is 3.64. The van der Waals surface area contributed by atoms with Crippen molar-refractivity contribution in [1.29, 1.82) is 0 Å².